The van der Waals surface area contributed by atoms with E-state index in [1.807, 2.05) is 0 Å². The first-order valence-electron chi connectivity index (χ1n) is 5.89. The van der Waals surface area contributed by atoms with Crippen molar-refractivity contribution >= 4 is 21.9 Å². The number of hydrogen-bond donors (Lipinski definition) is 3. The van der Waals surface area contributed by atoms with Gasteiger partial charge in [-0.2, -0.15) is 0 Å². The molecule has 1 aromatic rings. The minimum Gasteiger partial charge on any atom is -0.480 e. The van der Waals surface area contributed by atoms with Crippen LogP contribution >= 0.6 is 0 Å². The number of carboxylic acids is 1. The molecule has 0 saturated heterocycles. The van der Waals surface area contributed by atoms with Crippen molar-refractivity contribution in [1.29, 1.82) is 0 Å². The van der Waals surface area contributed by atoms with Crippen molar-refractivity contribution in [3.63, 3.8) is 0 Å². The van der Waals surface area contributed by atoms with E-state index in [4.69, 9.17) is 10.2 Å². The number of nitrogens with zero attached hydrogens (tertiary/aromatic N) is 1. The molecule has 0 aliphatic heterocycles. The van der Waals surface area contributed by atoms with Gasteiger partial charge in [0.05, 0.1) is 0 Å². The molecular weight excluding hydrogens is 286 g/mol. The lowest BCUT2D eigenvalue weighted by Gasteiger charge is -2.13. The van der Waals surface area contributed by atoms with Crippen LogP contribution in [-0.4, -0.2) is 36.0 Å². The lowest BCUT2D eigenvalue weighted by molar-refractivity contribution is -0.139. The number of aromatic nitrogens is 1. The molecule has 1 rings (SSSR count). The van der Waals surface area contributed by atoms with Crippen LogP contribution in [0, 0.1) is 0 Å². The first kappa shape index (κ1) is 16.2. The molecule has 1 amide bonds. The van der Waals surface area contributed by atoms with E-state index in [9.17, 15) is 18.0 Å². The summed E-state index contributed by atoms with van der Waals surface area (Å²) in [6.45, 7) is 1.80. The summed E-state index contributed by atoms with van der Waals surface area (Å²) in [6, 6.07) is 0.0931. The largest absolute Gasteiger partial charge is 0.480 e. The Kier molecular flexibility index (Phi) is 4.90. The number of hydrogen-bond acceptors (Lipinski definition) is 4. The van der Waals surface area contributed by atoms with Crippen molar-refractivity contribution in [1.82, 2.24) is 9.88 Å². The molecule has 8 nitrogen and oxygen atoms in total. The smallest absolute Gasteiger partial charge is 0.326 e. The number of aliphatic carboxylic acids is 1. The molecule has 112 valence electrons. The number of carbonyl (C=O) groups excluding carboxylic acids is 1. The third-order valence-corrected chi connectivity index (χ3v) is 3.60. The maximum absolute atomic E-state index is 12.0. The maximum atomic E-state index is 12.0. The maximum Gasteiger partial charge on any atom is 0.326 e. The molecule has 9 heteroatoms. The first-order valence-corrected chi connectivity index (χ1v) is 7.44. The van der Waals surface area contributed by atoms with Crippen LogP contribution in [-0.2, 0) is 21.9 Å². The molecule has 0 fully saturated rings. The minimum absolute atomic E-state index is 0.0244. The number of carbonyl (C=O) groups is 2. The molecule has 20 heavy (non-hydrogen) atoms. The molecule has 0 aliphatic rings. The molecule has 0 spiro atoms. The second kappa shape index (κ2) is 6.06. The zero-order valence-corrected chi connectivity index (χ0v) is 12.0. The van der Waals surface area contributed by atoms with Crippen LogP contribution in [0.5, 0.6) is 0 Å². The van der Waals surface area contributed by atoms with Gasteiger partial charge >= 0.3 is 5.97 Å². The van der Waals surface area contributed by atoms with Gasteiger partial charge in [-0.25, -0.2) is 18.4 Å². The van der Waals surface area contributed by atoms with Crippen LogP contribution in [0.15, 0.2) is 17.2 Å². The Morgan fingerprint density at radius 2 is 2.10 bits per heavy atom. The molecular formula is C11H17N3O5S. The zero-order valence-electron chi connectivity index (χ0n) is 11.2. The van der Waals surface area contributed by atoms with E-state index in [0.29, 0.717) is 6.42 Å². The monoisotopic (exact) mass is 303 g/mol. The van der Waals surface area contributed by atoms with Crippen molar-refractivity contribution in [2.75, 3.05) is 0 Å². The van der Waals surface area contributed by atoms with Crippen LogP contribution < -0.4 is 10.5 Å². The SMILES string of the molecule is CCC[C@H](NC(=O)c1cc(S(N)(=O)=O)cn1C)C(=O)O. The molecule has 0 radical (unpaired) electrons. The van der Waals surface area contributed by atoms with Gasteiger partial charge < -0.3 is 15.0 Å². The minimum atomic E-state index is -3.91. The Hall–Kier alpha value is -1.87. The van der Waals surface area contributed by atoms with Gasteiger partial charge in [0.25, 0.3) is 5.91 Å². The Morgan fingerprint density at radius 1 is 1.50 bits per heavy atom. The summed E-state index contributed by atoms with van der Waals surface area (Å²) in [4.78, 5) is 22.7. The molecule has 1 atom stereocenters. The summed E-state index contributed by atoms with van der Waals surface area (Å²) in [7, 11) is -2.44. The van der Waals surface area contributed by atoms with E-state index in [1.165, 1.54) is 17.8 Å². The van der Waals surface area contributed by atoms with Crippen LogP contribution in [0.4, 0.5) is 0 Å². The highest BCUT2D eigenvalue weighted by molar-refractivity contribution is 7.89. The summed E-state index contributed by atoms with van der Waals surface area (Å²) in [5.74, 6) is -1.80. The topological polar surface area (TPSA) is 131 Å². The fourth-order valence-corrected chi connectivity index (χ4v) is 2.27. The number of nitrogens with one attached hydrogen (secondary N) is 1. The van der Waals surface area contributed by atoms with E-state index in [2.05, 4.69) is 5.32 Å². The lowest BCUT2D eigenvalue weighted by Crippen LogP contribution is -2.41. The fourth-order valence-electron chi connectivity index (χ4n) is 1.69. The second-order valence-corrected chi connectivity index (χ2v) is 5.93. The fraction of sp³-hybridized carbons (Fsp3) is 0.455. The highest BCUT2D eigenvalue weighted by atomic mass is 32.2. The van der Waals surface area contributed by atoms with Gasteiger partial charge in [-0.15, -0.1) is 0 Å². The number of nitrogens with two attached hydrogens (primary N) is 1. The molecule has 0 aromatic carbocycles. The van der Waals surface area contributed by atoms with Gasteiger partial charge in [0.15, 0.2) is 0 Å². The number of aryl methyl sites for hydroxylation is 1. The van der Waals surface area contributed by atoms with E-state index in [-0.39, 0.29) is 17.0 Å². The van der Waals surface area contributed by atoms with Crippen molar-refractivity contribution in [3.8, 4) is 0 Å². The van der Waals surface area contributed by atoms with Crippen molar-refractivity contribution < 1.29 is 23.1 Å². The summed E-state index contributed by atoms with van der Waals surface area (Å²) >= 11 is 0. The predicted molar refractivity (Wildman–Crippen MR) is 70.6 cm³/mol. The second-order valence-electron chi connectivity index (χ2n) is 4.37. The molecule has 1 heterocycles. The van der Waals surface area contributed by atoms with Crippen LogP contribution in [0.2, 0.25) is 0 Å². The quantitative estimate of drug-likeness (QED) is 0.661. The summed E-state index contributed by atoms with van der Waals surface area (Å²) in [6.07, 6.45) is 2.07. The third-order valence-electron chi connectivity index (χ3n) is 2.72. The number of primary sulfonamides is 1. The van der Waals surface area contributed by atoms with E-state index in [0.717, 1.165) is 6.07 Å². The summed E-state index contributed by atoms with van der Waals surface area (Å²) < 4.78 is 23.7. The summed E-state index contributed by atoms with van der Waals surface area (Å²) in [5.41, 5.74) is 0.0244. The Labute approximate surface area is 116 Å². The Bertz CT molecular complexity index is 620. The molecule has 0 saturated carbocycles. The Morgan fingerprint density at radius 3 is 2.50 bits per heavy atom. The molecule has 0 aliphatic carbocycles. The number of amides is 1. The standard InChI is InChI=1S/C11H17N3O5S/c1-3-4-8(11(16)17)13-10(15)9-5-7(6-14(9)2)20(12,18)19/h5-6,8H,3-4H2,1-2H3,(H,13,15)(H,16,17)(H2,12,18,19)/t8-/m0/s1. The highest BCUT2D eigenvalue weighted by Crippen LogP contribution is 2.12. The van der Waals surface area contributed by atoms with E-state index in [1.54, 1.807) is 6.92 Å². The van der Waals surface area contributed by atoms with Gasteiger partial charge in [0.2, 0.25) is 10.0 Å². The van der Waals surface area contributed by atoms with E-state index >= 15 is 0 Å². The number of rotatable bonds is 6. The third kappa shape index (κ3) is 3.81. The molecule has 0 unspecified atom stereocenters. The highest BCUT2D eigenvalue weighted by Gasteiger charge is 2.23. The first-order chi connectivity index (χ1) is 9.16. The van der Waals surface area contributed by atoms with Gasteiger partial charge in [-0.1, -0.05) is 13.3 Å². The van der Waals surface area contributed by atoms with Gasteiger partial charge in [0, 0.05) is 13.2 Å². The Balaban J connectivity index is 2.98. The van der Waals surface area contributed by atoms with Crippen molar-refractivity contribution in [3.05, 3.63) is 18.0 Å². The van der Waals surface area contributed by atoms with E-state index < -0.39 is 27.9 Å². The van der Waals surface area contributed by atoms with Crippen molar-refractivity contribution in [2.24, 2.45) is 12.2 Å². The average molecular weight is 303 g/mol. The molecule has 0 bridgehead atoms. The predicted octanol–water partition coefficient (Wildman–Crippen LogP) is -0.344. The van der Waals surface area contributed by atoms with Crippen LogP contribution in [0.1, 0.15) is 30.3 Å². The summed E-state index contributed by atoms with van der Waals surface area (Å²) in [5, 5.41) is 16.3. The van der Waals surface area contributed by atoms with Crippen LogP contribution in [0.25, 0.3) is 0 Å². The number of carboxylic acid groups (broad SMARTS) is 1. The molecule has 4 N–H and O–H groups in total. The van der Waals surface area contributed by atoms with Crippen LogP contribution in [0.3, 0.4) is 0 Å². The van der Waals surface area contributed by atoms with Gasteiger partial charge in [-0.05, 0) is 12.5 Å². The average Bonchev–Trinajstić information content (AvgIpc) is 2.70. The lowest BCUT2D eigenvalue weighted by atomic mass is 10.1. The normalized spacial score (nSPS) is 12.9. The van der Waals surface area contributed by atoms with Gasteiger partial charge in [0.1, 0.15) is 16.6 Å². The van der Waals surface area contributed by atoms with Crippen molar-refractivity contribution in [2.45, 2.75) is 30.7 Å². The van der Waals surface area contributed by atoms with Gasteiger partial charge in [-0.3, -0.25) is 4.79 Å². The zero-order chi connectivity index (χ0) is 15.5. The molecule has 1 aromatic heterocycles. The number of sulfonamides is 1.